The summed E-state index contributed by atoms with van der Waals surface area (Å²) in [5.74, 6) is 0.892. The Morgan fingerprint density at radius 3 is 2.81 bits per heavy atom. The molecule has 1 aromatic heterocycles. The lowest BCUT2D eigenvalue weighted by Gasteiger charge is -2.11. The van der Waals surface area contributed by atoms with E-state index >= 15 is 0 Å². The molecule has 3 rings (SSSR count). The third-order valence-corrected chi connectivity index (χ3v) is 4.26. The summed E-state index contributed by atoms with van der Waals surface area (Å²) in [6.45, 7) is 2.84. The maximum Gasteiger partial charge on any atom is 0.119 e. The maximum atomic E-state index is 5.23. The van der Waals surface area contributed by atoms with Crippen LogP contribution in [0.25, 0.3) is 0 Å². The van der Waals surface area contributed by atoms with Crippen LogP contribution in [0.3, 0.4) is 0 Å². The molecule has 0 radical (unpaired) electrons. The SMILES string of the molecule is COc1ccc(NCc2ccn(C3CCCC3)n2)c(C)c1. The number of anilines is 1. The molecular formula is C17H23N3O. The van der Waals surface area contributed by atoms with Crippen molar-refractivity contribution in [3.8, 4) is 5.75 Å². The lowest BCUT2D eigenvalue weighted by atomic mass is 10.2. The number of rotatable bonds is 5. The summed E-state index contributed by atoms with van der Waals surface area (Å²) in [5, 5.41) is 8.15. The van der Waals surface area contributed by atoms with Gasteiger partial charge in [-0.25, -0.2) is 0 Å². The summed E-state index contributed by atoms with van der Waals surface area (Å²) in [6, 6.07) is 8.81. The van der Waals surface area contributed by atoms with Gasteiger partial charge in [0.2, 0.25) is 0 Å². The van der Waals surface area contributed by atoms with Crippen molar-refractivity contribution in [1.82, 2.24) is 9.78 Å². The molecule has 0 unspecified atom stereocenters. The molecule has 0 aliphatic heterocycles. The van der Waals surface area contributed by atoms with E-state index in [0.29, 0.717) is 6.04 Å². The van der Waals surface area contributed by atoms with E-state index in [1.807, 2.05) is 12.1 Å². The Labute approximate surface area is 126 Å². The van der Waals surface area contributed by atoms with Crippen LogP contribution in [0.4, 0.5) is 5.69 Å². The van der Waals surface area contributed by atoms with Crippen molar-refractivity contribution >= 4 is 5.69 Å². The van der Waals surface area contributed by atoms with Crippen molar-refractivity contribution in [2.45, 2.75) is 45.2 Å². The average molecular weight is 285 g/mol. The number of benzene rings is 1. The fourth-order valence-electron chi connectivity index (χ4n) is 2.99. The molecule has 1 aromatic carbocycles. The summed E-state index contributed by atoms with van der Waals surface area (Å²) >= 11 is 0. The average Bonchev–Trinajstić information content (AvgIpc) is 3.16. The number of hydrogen-bond donors (Lipinski definition) is 1. The second-order valence-electron chi connectivity index (χ2n) is 5.76. The van der Waals surface area contributed by atoms with Gasteiger partial charge in [-0.2, -0.15) is 5.10 Å². The molecule has 2 aromatic rings. The number of methoxy groups -OCH3 is 1. The van der Waals surface area contributed by atoms with Crippen molar-refractivity contribution in [2.75, 3.05) is 12.4 Å². The van der Waals surface area contributed by atoms with Crippen LogP contribution in [-0.2, 0) is 6.54 Å². The highest BCUT2D eigenvalue weighted by molar-refractivity contribution is 5.53. The van der Waals surface area contributed by atoms with Gasteiger partial charge in [0, 0.05) is 11.9 Å². The van der Waals surface area contributed by atoms with Crippen LogP contribution in [0.2, 0.25) is 0 Å². The number of nitrogens with one attached hydrogen (secondary N) is 1. The molecule has 0 spiro atoms. The molecule has 0 bridgehead atoms. The molecule has 0 amide bonds. The smallest absolute Gasteiger partial charge is 0.119 e. The Bertz CT molecular complexity index is 600. The molecule has 4 heteroatoms. The molecule has 4 nitrogen and oxygen atoms in total. The normalized spacial score (nSPS) is 15.3. The van der Waals surface area contributed by atoms with Crippen LogP contribution in [0.1, 0.15) is 43.0 Å². The van der Waals surface area contributed by atoms with Crippen LogP contribution in [0.5, 0.6) is 5.75 Å². The highest BCUT2D eigenvalue weighted by atomic mass is 16.5. The molecule has 0 atom stereocenters. The van der Waals surface area contributed by atoms with Crippen LogP contribution < -0.4 is 10.1 Å². The summed E-state index contributed by atoms with van der Waals surface area (Å²) in [5.41, 5.74) is 3.41. The number of ether oxygens (including phenoxy) is 1. The van der Waals surface area contributed by atoms with E-state index in [9.17, 15) is 0 Å². The van der Waals surface area contributed by atoms with E-state index in [1.54, 1.807) is 7.11 Å². The molecule has 1 saturated carbocycles. The van der Waals surface area contributed by atoms with Gasteiger partial charge in [-0.15, -0.1) is 0 Å². The molecule has 21 heavy (non-hydrogen) atoms. The van der Waals surface area contributed by atoms with E-state index in [4.69, 9.17) is 9.84 Å². The van der Waals surface area contributed by atoms with Crippen molar-refractivity contribution in [1.29, 1.82) is 0 Å². The fourth-order valence-corrected chi connectivity index (χ4v) is 2.99. The number of hydrogen-bond acceptors (Lipinski definition) is 3. The van der Waals surface area contributed by atoms with Gasteiger partial charge in [-0.3, -0.25) is 4.68 Å². The zero-order chi connectivity index (χ0) is 14.7. The van der Waals surface area contributed by atoms with E-state index in [1.165, 1.54) is 31.2 Å². The predicted molar refractivity (Wildman–Crippen MR) is 84.8 cm³/mol. The molecule has 1 fully saturated rings. The van der Waals surface area contributed by atoms with Gasteiger partial charge in [-0.05, 0) is 49.6 Å². The zero-order valence-electron chi connectivity index (χ0n) is 12.8. The van der Waals surface area contributed by atoms with E-state index in [0.717, 1.165) is 23.7 Å². The third-order valence-electron chi connectivity index (χ3n) is 4.26. The number of aryl methyl sites for hydroxylation is 1. The van der Waals surface area contributed by atoms with Crippen LogP contribution in [0.15, 0.2) is 30.5 Å². The lowest BCUT2D eigenvalue weighted by molar-refractivity contribution is 0.414. The molecular weight excluding hydrogens is 262 g/mol. The fraction of sp³-hybridized carbons (Fsp3) is 0.471. The van der Waals surface area contributed by atoms with Crippen LogP contribution in [-0.4, -0.2) is 16.9 Å². The van der Waals surface area contributed by atoms with Gasteiger partial charge < -0.3 is 10.1 Å². The van der Waals surface area contributed by atoms with Gasteiger partial charge in [-0.1, -0.05) is 12.8 Å². The van der Waals surface area contributed by atoms with Crippen LogP contribution >= 0.6 is 0 Å². The Morgan fingerprint density at radius 2 is 2.10 bits per heavy atom. The van der Waals surface area contributed by atoms with Crippen LogP contribution in [0, 0.1) is 6.92 Å². The minimum absolute atomic E-state index is 0.612. The van der Waals surface area contributed by atoms with E-state index < -0.39 is 0 Å². The van der Waals surface area contributed by atoms with Gasteiger partial charge in [0.15, 0.2) is 0 Å². The molecule has 1 N–H and O–H groups in total. The summed E-state index contributed by atoms with van der Waals surface area (Å²) in [6.07, 6.45) is 7.33. The Morgan fingerprint density at radius 1 is 1.29 bits per heavy atom. The number of nitrogens with zero attached hydrogens (tertiary/aromatic N) is 2. The summed E-state index contributed by atoms with van der Waals surface area (Å²) < 4.78 is 7.37. The highest BCUT2D eigenvalue weighted by Crippen LogP contribution is 2.28. The Balaban J connectivity index is 1.62. The first kappa shape index (κ1) is 14.0. The first-order chi connectivity index (χ1) is 10.3. The summed E-state index contributed by atoms with van der Waals surface area (Å²) in [7, 11) is 1.69. The first-order valence-electron chi connectivity index (χ1n) is 7.69. The number of aromatic nitrogens is 2. The first-order valence-corrected chi connectivity index (χ1v) is 7.69. The topological polar surface area (TPSA) is 39.1 Å². The Kier molecular flexibility index (Phi) is 4.13. The maximum absolute atomic E-state index is 5.23. The van der Waals surface area contributed by atoms with E-state index in [-0.39, 0.29) is 0 Å². The zero-order valence-corrected chi connectivity index (χ0v) is 12.8. The van der Waals surface area contributed by atoms with E-state index in [2.05, 4.69) is 35.3 Å². The molecule has 1 heterocycles. The largest absolute Gasteiger partial charge is 0.497 e. The predicted octanol–water partition coefficient (Wildman–Crippen LogP) is 3.93. The highest BCUT2D eigenvalue weighted by Gasteiger charge is 2.17. The molecule has 112 valence electrons. The van der Waals surface area contributed by atoms with Crippen molar-refractivity contribution in [3.63, 3.8) is 0 Å². The summed E-state index contributed by atoms with van der Waals surface area (Å²) in [4.78, 5) is 0. The van der Waals surface area contributed by atoms with Gasteiger partial charge in [0.05, 0.1) is 25.4 Å². The van der Waals surface area contributed by atoms with Crippen molar-refractivity contribution < 1.29 is 4.74 Å². The standard InChI is InChI=1S/C17H23N3O/c1-13-11-16(21-2)7-8-17(13)18-12-14-9-10-20(19-14)15-5-3-4-6-15/h7-11,15,18H,3-6,12H2,1-2H3. The molecule has 1 aliphatic rings. The second kappa shape index (κ2) is 6.20. The molecule has 1 aliphatic carbocycles. The molecule has 0 saturated heterocycles. The lowest BCUT2D eigenvalue weighted by Crippen LogP contribution is -2.07. The minimum Gasteiger partial charge on any atom is -0.497 e. The second-order valence-corrected chi connectivity index (χ2v) is 5.76. The minimum atomic E-state index is 0.612. The third kappa shape index (κ3) is 3.20. The quantitative estimate of drug-likeness (QED) is 0.904. The monoisotopic (exact) mass is 285 g/mol. The van der Waals surface area contributed by atoms with Crippen molar-refractivity contribution in [3.05, 3.63) is 41.7 Å². The Hall–Kier alpha value is -1.97. The van der Waals surface area contributed by atoms with Crippen molar-refractivity contribution in [2.24, 2.45) is 0 Å². The van der Waals surface area contributed by atoms with Gasteiger partial charge in [0.1, 0.15) is 5.75 Å². The van der Waals surface area contributed by atoms with Gasteiger partial charge >= 0.3 is 0 Å². The van der Waals surface area contributed by atoms with Gasteiger partial charge in [0.25, 0.3) is 0 Å².